The predicted molar refractivity (Wildman–Crippen MR) is 139 cm³/mol. The smallest absolute Gasteiger partial charge is 0.338 e. The van der Waals surface area contributed by atoms with Crippen molar-refractivity contribution in [3.63, 3.8) is 0 Å². The molecule has 0 fully saturated rings. The molecule has 0 unspecified atom stereocenters. The number of hydrogen-bond acceptors (Lipinski definition) is 8. The Morgan fingerprint density at radius 1 is 0.944 bits per heavy atom. The van der Waals surface area contributed by atoms with E-state index in [1.807, 2.05) is 6.07 Å². The molecular weight excluding hydrogens is 483 g/mol. The van der Waals surface area contributed by atoms with Gasteiger partial charge in [0.15, 0.2) is 11.5 Å². The van der Waals surface area contributed by atoms with Crippen molar-refractivity contribution in [3.05, 3.63) is 58.5 Å². The van der Waals surface area contributed by atoms with Gasteiger partial charge in [-0.15, -0.1) is 0 Å². The number of hydrogen-bond donors (Lipinski definition) is 0. The van der Waals surface area contributed by atoms with E-state index in [1.165, 1.54) is 14.0 Å². The van der Waals surface area contributed by atoms with E-state index < -0.39 is 13.6 Å². The molecule has 2 rings (SSSR count). The van der Waals surface area contributed by atoms with Crippen molar-refractivity contribution in [2.75, 3.05) is 26.5 Å². The van der Waals surface area contributed by atoms with Crippen LogP contribution < -0.4 is 0 Å². The lowest BCUT2D eigenvalue weighted by molar-refractivity contribution is -0.116. The highest BCUT2D eigenvalue weighted by atomic mass is 31.2. The summed E-state index contributed by atoms with van der Waals surface area (Å²) < 4.78 is 32.6. The summed E-state index contributed by atoms with van der Waals surface area (Å²) >= 11 is 0. The van der Waals surface area contributed by atoms with Crippen LogP contribution in [0.5, 0.6) is 0 Å². The number of ketones is 2. The molecule has 0 saturated carbocycles. The molecule has 36 heavy (non-hydrogen) atoms. The molecule has 0 bridgehead atoms. The SMILES string of the molecule is CC(=O)c1cc(C(C)C)c(C(C)C)o1.CCOP(=O)(CC(=O)Cc1ccc(C(=O)OC)cc1)OCC. The van der Waals surface area contributed by atoms with E-state index in [0.29, 0.717) is 23.2 Å². The Morgan fingerprint density at radius 3 is 1.89 bits per heavy atom. The molecule has 0 atom stereocenters. The van der Waals surface area contributed by atoms with Gasteiger partial charge >= 0.3 is 13.6 Å². The summed E-state index contributed by atoms with van der Waals surface area (Å²) in [5, 5.41) is 0. The second-order valence-electron chi connectivity index (χ2n) is 8.80. The summed E-state index contributed by atoms with van der Waals surface area (Å²) in [4.78, 5) is 34.5. The van der Waals surface area contributed by atoms with Gasteiger partial charge < -0.3 is 18.2 Å². The lowest BCUT2D eigenvalue weighted by Crippen LogP contribution is -2.12. The molecule has 9 heteroatoms. The largest absolute Gasteiger partial charge is 0.465 e. The third-order valence-electron chi connectivity index (χ3n) is 5.08. The van der Waals surface area contributed by atoms with Crippen LogP contribution in [0.3, 0.4) is 0 Å². The first kappa shape index (κ1) is 31.5. The Kier molecular flexibility index (Phi) is 13.0. The van der Waals surface area contributed by atoms with Crippen LogP contribution in [-0.4, -0.2) is 44.0 Å². The van der Waals surface area contributed by atoms with Crippen LogP contribution in [0, 0.1) is 0 Å². The Labute approximate surface area is 214 Å². The zero-order valence-electron chi connectivity index (χ0n) is 22.6. The van der Waals surface area contributed by atoms with E-state index in [9.17, 15) is 18.9 Å². The van der Waals surface area contributed by atoms with E-state index >= 15 is 0 Å². The standard InChI is InChI=1S/C15H21O6P.C12H18O2/c1-4-20-22(18,21-5-2)11-14(16)10-12-6-8-13(9-7-12)15(17)19-3;1-7(2)10-6-11(9(5)13)14-12(10)8(3)4/h6-9H,4-5,10-11H2,1-3H3;6-8H,1-5H3. The monoisotopic (exact) mass is 522 g/mol. The van der Waals surface area contributed by atoms with Gasteiger partial charge in [-0.3, -0.25) is 14.2 Å². The number of Topliss-reactive ketones (excluding diaryl/α,β-unsaturated/α-hetero) is 2. The van der Waals surface area contributed by atoms with Crippen molar-refractivity contribution in [1.29, 1.82) is 0 Å². The topological polar surface area (TPSA) is 109 Å². The number of benzene rings is 1. The van der Waals surface area contributed by atoms with Gasteiger partial charge in [-0.2, -0.15) is 0 Å². The summed E-state index contributed by atoms with van der Waals surface area (Å²) in [5.74, 6) is 1.50. The number of furan rings is 1. The van der Waals surface area contributed by atoms with Gasteiger partial charge in [-0.05, 0) is 49.1 Å². The molecule has 0 spiro atoms. The van der Waals surface area contributed by atoms with E-state index in [4.69, 9.17) is 13.5 Å². The maximum atomic E-state index is 12.3. The molecule has 8 nitrogen and oxygen atoms in total. The molecule has 1 aromatic carbocycles. The van der Waals surface area contributed by atoms with Crippen molar-refractivity contribution in [2.45, 2.75) is 66.7 Å². The second-order valence-corrected chi connectivity index (χ2v) is 10.9. The van der Waals surface area contributed by atoms with E-state index in [1.54, 1.807) is 38.1 Å². The predicted octanol–water partition coefficient (Wildman–Crippen LogP) is 6.58. The Morgan fingerprint density at radius 2 is 1.50 bits per heavy atom. The van der Waals surface area contributed by atoms with Gasteiger partial charge in [-0.25, -0.2) is 4.79 Å². The Hall–Kier alpha value is -2.54. The molecule has 0 aliphatic carbocycles. The fourth-order valence-electron chi connectivity index (χ4n) is 3.39. The minimum absolute atomic E-state index is 0.00111. The summed E-state index contributed by atoms with van der Waals surface area (Å²) in [6, 6.07) is 8.37. The number of rotatable bonds is 12. The number of methoxy groups -OCH3 is 1. The third kappa shape index (κ3) is 9.84. The molecule has 0 aliphatic rings. The van der Waals surface area contributed by atoms with Crippen LogP contribution in [0.2, 0.25) is 0 Å². The molecular formula is C27H39O8P. The van der Waals surface area contributed by atoms with Crippen molar-refractivity contribution in [2.24, 2.45) is 0 Å². The van der Waals surface area contributed by atoms with E-state index in [-0.39, 0.29) is 37.4 Å². The fraction of sp³-hybridized carbons (Fsp3) is 0.519. The van der Waals surface area contributed by atoms with Crippen LogP contribution >= 0.6 is 7.60 Å². The molecule has 2 aromatic rings. The van der Waals surface area contributed by atoms with Crippen molar-refractivity contribution >= 4 is 25.1 Å². The van der Waals surface area contributed by atoms with Crippen molar-refractivity contribution in [1.82, 2.24) is 0 Å². The van der Waals surface area contributed by atoms with Crippen LogP contribution in [0.4, 0.5) is 0 Å². The minimum Gasteiger partial charge on any atom is -0.465 e. The lowest BCUT2D eigenvalue weighted by Gasteiger charge is -2.16. The lowest BCUT2D eigenvalue weighted by atomic mass is 9.98. The van der Waals surface area contributed by atoms with Gasteiger partial charge in [0.25, 0.3) is 0 Å². The Bertz CT molecular complexity index is 1010. The first-order valence-corrected chi connectivity index (χ1v) is 13.8. The maximum Gasteiger partial charge on any atom is 0.338 e. The minimum atomic E-state index is -3.37. The number of ether oxygens (including phenoxy) is 1. The van der Waals surface area contributed by atoms with Gasteiger partial charge in [0.1, 0.15) is 17.7 Å². The van der Waals surface area contributed by atoms with E-state index in [2.05, 4.69) is 32.4 Å². The molecule has 0 radical (unpaired) electrons. The molecule has 1 aromatic heterocycles. The van der Waals surface area contributed by atoms with Gasteiger partial charge in [-0.1, -0.05) is 39.8 Å². The molecule has 0 N–H and O–H groups in total. The number of esters is 1. The normalized spacial score (nSPS) is 11.3. The van der Waals surface area contributed by atoms with E-state index in [0.717, 1.165) is 16.9 Å². The molecule has 0 amide bonds. The van der Waals surface area contributed by atoms with Crippen molar-refractivity contribution in [3.8, 4) is 0 Å². The molecule has 0 saturated heterocycles. The summed E-state index contributed by atoms with van der Waals surface area (Å²) in [6.07, 6.45) is -0.154. The van der Waals surface area contributed by atoms with Crippen LogP contribution in [0.15, 0.2) is 34.7 Å². The average molecular weight is 523 g/mol. The highest BCUT2D eigenvalue weighted by Gasteiger charge is 2.27. The summed E-state index contributed by atoms with van der Waals surface area (Å²) in [6.45, 7) is 13.7. The fourth-order valence-corrected chi connectivity index (χ4v) is 4.98. The molecule has 200 valence electrons. The van der Waals surface area contributed by atoms with Gasteiger partial charge in [0.2, 0.25) is 0 Å². The average Bonchev–Trinajstić information content (AvgIpc) is 3.26. The van der Waals surface area contributed by atoms with Gasteiger partial charge in [0, 0.05) is 19.3 Å². The third-order valence-corrected chi connectivity index (χ3v) is 7.13. The van der Waals surface area contributed by atoms with Crippen LogP contribution in [0.1, 0.15) is 98.1 Å². The quantitative estimate of drug-likeness (QED) is 0.175. The second kappa shape index (κ2) is 14.9. The highest BCUT2D eigenvalue weighted by Crippen LogP contribution is 2.47. The number of carbonyl (C=O) groups is 3. The highest BCUT2D eigenvalue weighted by molar-refractivity contribution is 7.54. The van der Waals surface area contributed by atoms with Crippen LogP contribution in [-0.2, 0) is 29.6 Å². The van der Waals surface area contributed by atoms with Crippen molar-refractivity contribution < 1.29 is 37.2 Å². The zero-order valence-corrected chi connectivity index (χ0v) is 23.5. The molecule has 0 aliphatic heterocycles. The first-order valence-electron chi connectivity index (χ1n) is 12.1. The first-order chi connectivity index (χ1) is 16.9. The maximum absolute atomic E-state index is 12.3. The summed E-state index contributed by atoms with van der Waals surface area (Å²) in [7, 11) is -2.06. The zero-order chi connectivity index (χ0) is 27.5. The Balaban J connectivity index is 0.000000397. The molecule has 1 heterocycles. The number of carbonyl (C=O) groups excluding carboxylic acids is 3. The van der Waals surface area contributed by atoms with Gasteiger partial charge in [0.05, 0.1) is 25.9 Å². The summed E-state index contributed by atoms with van der Waals surface area (Å²) in [5.41, 5.74) is 2.29. The van der Waals surface area contributed by atoms with Crippen LogP contribution in [0.25, 0.3) is 0 Å².